The maximum atomic E-state index is 10.9. The lowest BCUT2D eigenvalue weighted by molar-refractivity contribution is 0.365. The molecule has 1 N–H and O–H groups in total. The van der Waals surface area contributed by atoms with Crippen LogP contribution in [0.4, 0.5) is 0 Å². The Hall–Kier alpha value is -2.28. The van der Waals surface area contributed by atoms with Gasteiger partial charge in [0.1, 0.15) is 0 Å². The summed E-state index contributed by atoms with van der Waals surface area (Å²) >= 11 is 0. The predicted molar refractivity (Wildman–Crippen MR) is 156 cm³/mol. The monoisotopic (exact) mass is 495 g/mol. The molecule has 0 radical (unpaired) electrons. The lowest BCUT2D eigenvalue weighted by atomic mass is 9.84. The third-order valence-corrected chi connectivity index (χ3v) is 12.3. The van der Waals surface area contributed by atoms with Gasteiger partial charge in [-0.05, 0) is 63.0 Å². The Morgan fingerprint density at radius 2 is 1.09 bits per heavy atom. The highest BCUT2D eigenvalue weighted by molar-refractivity contribution is 7.74. The van der Waals surface area contributed by atoms with Crippen LogP contribution in [0.15, 0.2) is 121 Å². The Bertz CT molecular complexity index is 1100. The Morgan fingerprint density at radius 3 is 1.49 bits per heavy atom. The molecule has 2 nitrogen and oxygen atoms in total. The van der Waals surface area contributed by atoms with E-state index in [0.29, 0.717) is 11.7 Å². The van der Waals surface area contributed by atoms with Gasteiger partial charge in [0.05, 0.1) is 0 Å². The zero-order valence-corrected chi connectivity index (χ0v) is 22.0. The largest absolute Gasteiger partial charge is 0.437 e. The summed E-state index contributed by atoms with van der Waals surface area (Å²) in [5, 5.41) is 16.5. The van der Waals surface area contributed by atoms with E-state index in [0.717, 1.165) is 19.1 Å². The highest BCUT2D eigenvalue weighted by Crippen LogP contribution is 2.48. The molecule has 0 aromatic heterocycles. The molecule has 0 aliphatic carbocycles. The van der Waals surface area contributed by atoms with E-state index in [1.165, 1.54) is 21.2 Å². The summed E-state index contributed by atoms with van der Waals surface area (Å²) in [5.41, 5.74) is 0.512. The molecule has 1 aliphatic rings. The van der Waals surface area contributed by atoms with E-state index in [1.54, 1.807) is 0 Å². The summed E-state index contributed by atoms with van der Waals surface area (Å²) in [5.74, 6) is 0. The molecule has 176 valence electrons. The molecule has 0 spiro atoms. The van der Waals surface area contributed by atoms with Crippen molar-refractivity contribution in [1.82, 2.24) is 4.81 Å². The van der Waals surface area contributed by atoms with E-state index in [-0.39, 0.29) is 0 Å². The van der Waals surface area contributed by atoms with Crippen molar-refractivity contribution in [3.05, 3.63) is 121 Å². The molecular formula is C30H32BNOP2. The van der Waals surface area contributed by atoms with Crippen LogP contribution < -0.4 is 21.2 Å². The van der Waals surface area contributed by atoms with E-state index in [4.69, 9.17) is 0 Å². The van der Waals surface area contributed by atoms with Gasteiger partial charge in [-0.3, -0.25) is 0 Å². The lowest BCUT2D eigenvalue weighted by Gasteiger charge is -2.29. The standard InChI is InChI=1S/C30H32BNOP2/c1-31(33)32-23-30(35(28-18-10-4-11-19-28)29-20-12-5-13-21-29)22-25(32)24-34(26-14-6-2-7-15-26)27-16-8-3-9-17-27/h2-21,25,30,33H,22-24H2,1H3/t25-,30-/m0/s1. The molecule has 0 unspecified atom stereocenters. The number of nitrogens with zero attached hydrogens (tertiary/aromatic N) is 1. The van der Waals surface area contributed by atoms with E-state index in [2.05, 4.69) is 126 Å². The fourth-order valence-corrected chi connectivity index (χ4v) is 10.8. The highest BCUT2D eigenvalue weighted by atomic mass is 31.1. The average Bonchev–Trinajstić information content (AvgIpc) is 3.33. The molecule has 4 aromatic carbocycles. The zero-order valence-electron chi connectivity index (χ0n) is 20.2. The second-order valence-corrected chi connectivity index (χ2v) is 14.0. The molecule has 5 heteroatoms. The molecule has 5 rings (SSSR count). The van der Waals surface area contributed by atoms with Crippen LogP contribution in [0.25, 0.3) is 0 Å². The van der Waals surface area contributed by atoms with Crippen LogP contribution in [-0.2, 0) is 0 Å². The molecule has 1 heterocycles. The molecule has 35 heavy (non-hydrogen) atoms. The van der Waals surface area contributed by atoms with Crippen molar-refractivity contribution >= 4 is 44.1 Å². The Balaban J connectivity index is 1.47. The van der Waals surface area contributed by atoms with Crippen LogP contribution in [0, 0.1) is 0 Å². The van der Waals surface area contributed by atoms with Gasteiger partial charge in [-0.15, -0.1) is 0 Å². The fourth-order valence-electron chi connectivity index (χ4n) is 5.27. The first-order chi connectivity index (χ1) is 17.2. The van der Waals surface area contributed by atoms with Crippen molar-refractivity contribution in [2.45, 2.75) is 24.9 Å². The van der Waals surface area contributed by atoms with Gasteiger partial charge in [-0.1, -0.05) is 121 Å². The minimum absolute atomic E-state index is 0.351. The second-order valence-electron chi connectivity index (χ2n) is 9.19. The first kappa shape index (κ1) is 24.4. The van der Waals surface area contributed by atoms with E-state index < -0.39 is 22.9 Å². The van der Waals surface area contributed by atoms with Gasteiger partial charge < -0.3 is 9.83 Å². The minimum Gasteiger partial charge on any atom is -0.437 e. The SMILES string of the molecule is CB(O)N1C[C@@H](P(c2ccccc2)c2ccccc2)C[C@H]1CP(c1ccccc1)c1ccccc1. The fraction of sp³-hybridized carbons (Fsp3) is 0.200. The van der Waals surface area contributed by atoms with Crippen molar-refractivity contribution in [2.24, 2.45) is 0 Å². The van der Waals surface area contributed by atoms with Gasteiger partial charge in [0.15, 0.2) is 0 Å². The van der Waals surface area contributed by atoms with Gasteiger partial charge in [0.25, 0.3) is 0 Å². The number of rotatable bonds is 8. The molecule has 1 saturated heterocycles. The summed E-state index contributed by atoms with van der Waals surface area (Å²) < 4.78 is 0. The maximum Gasteiger partial charge on any atom is 0.376 e. The molecule has 2 atom stereocenters. The summed E-state index contributed by atoms with van der Waals surface area (Å²) in [6, 6.07) is 44.3. The van der Waals surface area contributed by atoms with Crippen molar-refractivity contribution in [3.8, 4) is 0 Å². The zero-order chi connectivity index (χ0) is 24.0. The van der Waals surface area contributed by atoms with Crippen LogP contribution in [0.3, 0.4) is 0 Å². The number of hydrogen-bond donors (Lipinski definition) is 1. The molecule has 0 bridgehead atoms. The minimum atomic E-state index is -0.509. The molecule has 4 aromatic rings. The average molecular weight is 495 g/mol. The van der Waals surface area contributed by atoms with Gasteiger partial charge >= 0.3 is 7.05 Å². The van der Waals surface area contributed by atoms with E-state index in [1.807, 2.05) is 6.82 Å². The summed E-state index contributed by atoms with van der Waals surface area (Å²) in [6.45, 7) is 2.88. The Labute approximate surface area is 212 Å². The first-order valence-electron chi connectivity index (χ1n) is 12.4. The summed E-state index contributed by atoms with van der Waals surface area (Å²) in [7, 11) is -1.46. The third kappa shape index (κ3) is 5.77. The summed E-state index contributed by atoms with van der Waals surface area (Å²) in [6.07, 6.45) is 2.18. The number of hydrogen-bond acceptors (Lipinski definition) is 2. The third-order valence-electron chi connectivity index (χ3n) is 6.88. The number of benzene rings is 4. The maximum absolute atomic E-state index is 10.9. The Kier molecular flexibility index (Phi) is 8.12. The van der Waals surface area contributed by atoms with E-state index >= 15 is 0 Å². The Morgan fingerprint density at radius 1 is 0.686 bits per heavy atom. The molecule has 1 aliphatic heterocycles. The van der Waals surface area contributed by atoms with Gasteiger partial charge in [-0.25, -0.2) is 0 Å². The van der Waals surface area contributed by atoms with Crippen LogP contribution >= 0.6 is 15.8 Å². The molecule has 0 amide bonds. The van der Waals surface area contributed by atoms with Crippen LogP contribution in [-0.4, -0.2) is 41.3 Å². The van der Waals surface area contributed by atoms with Crippen molar-refractivity contribution < 1.29 is 5.02 Å². The smallest absolute Gasteiger partial charge is 0.376 e. The lowest BCUT2D eigenvalue weighted by Crippen LogP contribution is -2.43. The van der Waals surface area contributed by atoms with Crippen molar-refractivity contribution in [2.75, 3.05) is 12.7 Å². The van der Waals surface area contributed by atoms with Crippen LogP contribution in [0.5, 0.6) is 0 Å². The first-order valence-corrected chi connectivity index (χ1v) is 15.4. The predicted octanol–water partition coefficient (Wildman–Crippen LogP) is 4.81. The molecule has 0 saturated carbocycles. The van der Waals surface area contributed by atoms with Crippen LogP contribution in [0.1, 0.15) is 6.42 Å². The topological polar surface area (TPSA) is 23.5 Å². The van der Waals surface area contributed by atoms with Gasteiger partial charge in [0, 0.05) is 11.7 Å². The second kappa shape index (κ2) is 11.6. The summed E-state index contributed by atoms with van der Waals surface area (Å²) in [4.78, 5) is 2.37. The van der Waals surface area contributed by atoms with Crippen LogP contribution in [0.2, 0.25) is 6.82 Å². The normalized spacial score (nSPS) is 18.3. The quantitative estimate of drug-likeness (QED) is 0.280. The van der Waals surface area contributed by atoms with Crippen molar-refractivity contribution in [3.63, 3.8) is 0 Å². The van der Waals surface area contributed by atoms with Gasteiger partial charge in [0.2, 0.25) is 0 Å². The molecular weight excluding hydrogens is 463 g/mol. The molecule has 1 fully saturated rings. The highest BCUT2D eigenvalue weighted by Gasteiger charge is 2.41. The van der Waals surface area contributed by atoms with Crippen molar-refractivity contribution in [1.29, 1.82) is 0 Å². The van der Waals surface area contributed by atoms with Gasteiger partial charge in [-0.2, -0.15) is 0 Å². The van der Waals surface area contributed by atoms with E-state index in [9.17, 15) is 5.02 Å².